The number of carbonyl (C=O) groups is 1. The van der Waals surface area contributed by atoms with Crippen LogP contribution in [0, 0.1) is 0 Å². The van der Waals surface area contributed by atoms with E-state index in [0.29, 0.717) is 17.0 Å². The molecule has 4 nitrogen and oxygen atoms in total. The molecule has 2 heterocycles. The number of halogens is 1. The summed E-state index contributed by atoms with van der Waals surface area (Å²) in [4.78, 5) is 16.0. The van der Waals surface area contributed by atoms with E-state index in [2.05, 4.69) is 4.98 Å². The highest BCUT2D eigenvalue weighted by Gasteiger charge is 2.08. The summed E-state index contributed by atoms with van der Waals surface area (Å²) in [7, 11) is 1.36. The maximum Gasteiger partial charge on any atom is 0.338 e. The number of benzene rings is 1. The number of methoxy groups -OCH3 is 1. The molecule has 0 spiro atoms. The molecule has 0 aliphatic heterocycles. The average Bonchev–Trinajstić information content (AvgIpc) is 2.87. The van der Waals surface area contributed by atoms with Crippen molar-refractivity contribution in [2.45, 2.75) is 6.42 Å². The minimum absolute atomic E-state index is 0.364. The van der Waals surface area contributed by atoms with E-state index >= 15 is 0 Å². The summed E-state index contributed by atoms with van der Waals surface area (Å²) in [5.74, 6) is -0.364. The van der Waals surface area contributed by atoms with Crippen LogP contribution in [-0.4, -0.2) is 22.5 Å². The molecule has 2 aromatic heterocycles. The van der Waals surface area contributed by atoms with E-state index in [1.807, 2.05) is 34.9 Å². The molecule has 0 fully saturated rings. The lowest BCUT2D eigenvalue weighted by Crippen LogP contribution is -2.01. The second-order valence-corrected chi connectivity index (χ2v) is 5.15. The minimum atomic E-state index is -0.364. The van der Waals surface area contributed by atoms with E-state index in [-0.39, 0.29) is 5.97 Å². The molecule has 0 N–H and O–H groups in total. The number of hydrogen-bond donors (Lipinski definition) is 0. The van der Waals surface area contributed by atoms with Gasteiger partial charge < -0.3 is 9.14 Å². The third-order valence-electron chi connectivity index (χ3n) is 3.21. The van der Waals surface area contributed by atoms with Crippen molar-refractivity contribution in [1.82, 2.24) is 9.38 Å². The fraction of sp³-hybridized carbons (Fsp3) is 0.125. The molecule has 0 saturated carbocycles. The van der Waals surface area contributed by atoms with Gasteiger partial charge in [0, 0.05) is 23.8 Å². The maximum atomic E-state index is 11.5. The Hall–Kier alpha value is -2.33. The average molecular weight is 301 g/mol. The van der Waals surface area contributed by atoms with Crippen molar-refractivity contribution in [3.05, 3.63) is 70.6 Å². The van der Waals surface area contributed by atoms with Gasteiger partial charge >= 0.3 is 5.97 Å². The molecule has 0 saturated heterocycles. The maximum absolute atomic E-state index is 11.5. The van der Waals surface area contributed by atoms with Crippen LogP contribution in [0.1, 0.15) is 21.6 Å². The van der Waals surface area contributed by atoms with Crippen molar-refractivity contribution in [2.75, 3.05) is 7.11 Å². The molecule has 0 aliphatic carbocycles. The zero-order valence-corrected chi connectivity index (χ0v) is 12.2. The number of rotatable bonds is 3. The van der Waals surface area contributed by atoms with Gasteiger partial charge in [0.1, 0.15) is 5.65 Å². The number of ether oxygens (including phenoxy) is 1. The number of pyridine rings is 1. The molecule has 0 amide bonds. The molecule has 21 heavy (non-hydrogen) atoms. The van der Waals surface area contributed by atoms with Crippen molar-refractivity contribution in [1.29, 1.82) is 0 Å². The largest absolute Gasteiger partial charge is 0.465 e. The second kappa shape index (κ2) is 5.58. The second-order valence-electron chi connectivity index (χ2n) is 4.71. The number of esters is 1. The quantitative estimate of drug-likeness (QED) is 0.697. The topological polar surface area (TPSA) is 43.6 Å². The van der Waals surface area contributed by atoms with Crippen LogP contribution in [0.25, 0.3) is 5.65 Å². The van der Waals surface area contributed by atoms with Crippen LogP contribution < -0.4 is 0 Å². The molecule has 0 unspecified atom stereocenters. The molecule has 0 bridgehead atoms. The van der Waals surface area contributed by atoms with E-state index in [0.717, 1.165) is 16.9 Å². The van der Waals surface area contributed by atoms with Crippen molar-refractivity contribution < 1.29 is 9.53 Å². The van der Waals surface area contributed by atoms with Gasteiger partial charge in [0.05, 0.1) is 18.4 Å². The minimum Gasteiger partial charge on any atom is -0.465 e. The summed E-state index contributed by atoms with van der Waals surface area (Å²) < 4.78 is 6.59. The summed E-state index contributed by atoms with van der Waals surface area (Å²) >= 11 is 5.98. The van der Waals surface area contributed by atoms with Crippen molar-refractivity contribution >= 4 is 23.2 Å². The van der Waals surface area contributed by atoms with E-state index < -0.39 is 0 Å². The fourth-order valence-corrected chi connectivity index (χ4v) is 2.43. The van der Waals surface area contributed by atoms with E-state index in [4.69, 9.17) is 16.3 Å². The van der Waals surface area contributed by atoms with Gasteiger partial charge in [-0.15, -0.1) is 0 Å². The van der Waals surface area contributed by atoms with Crippen molar-refractivity contribution in [3.63, 3.8) is 0 Å². The molecule has 3 aromatic rings. The lowest BCUT2D eigenvalue weighted by Gasteiger charge is -1.98. The Bertz CT molecular complexity index is 811. The number of hydrogen-bond acceptors (Lipinski definition) is 3. The van der Waals surface area contributed by atoms with Gasteiger partial charge in [-0.05, 0) is 29.8 Å². The van der Waals surface area contributed by atoms with Crippen LogP contribution in [0.4, 0.5) is 0 Å². The third-order valence-corrected chi connectivity index (χ3v) is 3.44. The van der Waals surface area contributed by atoms with Gasteiger partial charge in [0.2, 0.25) is 0 Å². The predicted molar refractivity (Wildman–Crippen MR) is 80.8 cm³/mol. The van der Waals surface area contributed by atoms with Gasteiger partial charge in [-0.3, -0.25) is 0 Å². The normalized spacial score (nSPS) is 10.8. The van der Waals surface area contributed by atoms with Crippen LogP contribution in [0.5, 0.6) is 0 Å². The van der Waals surface area contributed by atoms with Crippen molar-refractivity contribution in [2.24, 2.45) is 0 Å². The first-order valence-corrected chi connectivity index (χ1v) is 6.84. The number of nitrogens with zero attached hydrogens (tertiary/aromatic N) is 2. The van der Waals surface area contributed by atoms with Crippen LogP contribution in [0.3, 0.4) is 0 Å². The Morgan fingerprint density at radius 2 is 2.19 bits per heavy atom. The lowest BCUT2D eigenvalue weighted by atomic mass is 10.1. The fourth-order valence-electron chi connectivity index (χ4n) is 2.22. The summed E-state index contributed by atoms with van der Waals surface area (Å²) in [5, 5.41) is 0.712. The molecule has 1 aromatic carbocycles. The van der Waals surface area contributed by atoms with Crippen molar-refractivity contribution in [3.8, 4) is 0 Å². The standard InChI is InChI=1S/C16H13ClN2O2/c1-21-16(20)12-5-6-19-10-14(18-15(19)9-12)8-11-3-2-4-13(17)7-11/h2-7,9-10H,8H2,1H3. The predicted octanol–water partition coefficient (Wildman–Crippen LogP) is 3.37. The number of imidazole rings is 1. The molecule has 3 rings (SSSR count). The molecule has 5 heteroatoms. The number of fused-ring (bicyclic) bond motifs is 1. The van der Waals surface area contributed by atoms with Crippen LogP contribution >= 0.6 is 11.6 Å². The van der Waals surface area contributed by atoms with Gasteiger partial charge in [-0.2, -0.15) is 0 Å². The highest BCUT2D eigenvalue weighted by Crippen LogP contribution is 2.16. The monoisotopic (exact) mass is 300 g/mol. The van der Waals surface area contributed by atoms with E-state index in [1.165, 1.54) is 7.11 Å². The molecular weight excluding hydrogens is 288 g/mol. The Morgan fingerprint density at radius 1 is 1.33 bits per heavy atom. The molecule has 0 atom stereocenters. The summed E-state index contributed by atoms with van der Waals surface area (Å²) in [5.41, 5.74) is 3.22. The first-order chi connectivity index (χ1) is 10.2. The SMILES string of the molecule is COC(=O)c1ccn2cc(Cc3cccc(Cl)c3)nc2c1. The van der Waals surface area contributed by atoms with Crippen LogP contribution in [0.15, 0.2) is 48.8 Å². The first-order valence-electron chi connectivity index (χ1n) is 6.46. The molecule has 106 valence electrons. The molecular formula is C16H13ClN2O2. The highest BCUT2D eigenvalue weighted by atomic mass is 35.5. The summed E-state index contributed by atoms with van der Waals surface area (Å²) in [6.45, 7) is 0. The summed E-state index contributed by atoms with van der Waals surface area (Å²) in [6, 6.07) is 11.1. The van der Waals surface area contributed by atoms with Gasteiger partial charge in [-0.1, -0.05) is 23.7 Å². The molecule has 0 radical (unpaired) electrons. The molecule has 0 aliphatic rings. The Morgan fingerprint density at radius 3 is 2.95 bits per heavy atom. The number of carbonyl (C=O) groups excluding carboxylic acids is 1. The Balaban J connectivity index is 1.92. The smallest absolute Gasteiger partial charge is 0.338 e. The van der Waals surface area contributed by atoms with Gasteiger partial charge in [-0.25, -0.2) is 9.78 Å². The van der Waals surface area contributed by atoms with Crippen LogP contribution in [0.2, 0.25) is 5.02 Å². The van der Waals surface area contributed by atoms with Gasteiger partial charge in [0.25, 0.3) is 0 Å². The van der Waals surface area contributed by atoms with E-state index in [9.17, 15) is 4.79 Å². The van der Waals surface area contributed by atoms with E-state index in [1.54, 1.807) is 18.3 Å². The Kier molecular flexibility index (Phi) is 3.62. The lowest BCUT2D eigenvalue weighted by molar-refractivity contribution is 0.0600. The zero-order valence-electron chi connectivity index (χ0n) is 11.4. The zero-order chi connectivity index (χ0) is 14.8. The highest BCUT2D eigenvalue weighted by molar-refractivity contribution is 6.30. The third kappa shape index (κ3) is 2.90. The number of aromatic nitrogens is 2. The van der Waals surface area contributed by atoms with Gasteiger partial charge in [0.15, 0.2) is 0 Å². The van der Waals surface area contributed by atoms with Crippen LogP contribution in [-0.2, 0) is 11.2 Å². The Labute approximate surface area is 126 Å². The first kappa shape index (κ1) is 13.6. The summed E-state index contributed by atoms with van der Waals surface area (Å²) in [6.07, 6.45) is 4.43.